The molecule has 0 aliphatic heterocycles. The lowest BCUT2D eigenvalue weighted by atomic mass is 10.2. The van der Waals surface area contributed by atoms with Crippen LogP contribution < -0.4 is 0 Å². The molecule has 0 unspecified atom stereocenters. The number of Topliss-reactive ketones (excluding diaryl/α,β-unsaturated/α-hetero) is 1. The number of carbonyl (C=O) groups is 1. The normalized spacial score (nSPS) is 10.9. The van der Waals surface area contributed by atoms with E-state index >= 15 is 0 Å². The first-order chi connectivity index (χ1) is 13.2. The maximum Gasteiger partial charge on any atom is 0.175 e. The van der Waals surface area contributed by atoms with Crippen LogP contribution in [0.5, 0.6) is 0 Å². The Labute approximate surface area is 176 Å². The standard InChI is InChI=1S/C19H21N3O3S3/c1-21(19(27)16-9-6-10-20-11-16)12-17(23)13-28(24,25)14-22(2)18(26)15-7-4-3-5-8-15/h3-11H,12-14H2,1-2H3. The van der Waals surface area contributed by atoms with Crippen molar-refractivity contribution in [3.8, 4) is 0 Å². The van der Waals surface area contributed by atoms with E-state index in [9.17, 15) is 13.2 Å². The zero-order valence-electron chi connectivity index (χ0n) is 15.6. The fraction of sp³-hybridized carbons (Fsp3) is 0.263. The summed E-state index contributed by atoms with van der Waals surface area (Å²) < 4.78 is 24.8. The van der Waals surface area contributed by atoms with Crippen LogP contribution in [0.3, 0.4) is 0 Å². The van der Waals surface area contributed by atoms with Crippen LogP contribution >= 0.6 is 24.4 Å². The maximum absolute atomic E-state index is 12.4. The molecule has 6 nitrogen and oxygen atoms in total. The van der Waals surface area contributed by atoms with E-state index in [2.05, 4.69) is 4.98 Å². The van der Waals surface area contributed by atoms with Crippen molar-refractivity contribution in [1.29, 1.82) is 0 Å². The van der Waals surface area contributed by atoms with Gasteiger partial charge in [0.15, 0.2) is 15.6 Å². The summed E-state index contributed by atoms with van der Waals surface area (Å²) in [6, 6.07) is 12.7. The summed E-state index contributed by atoms with van der Waals surface area (Å²) in [5.74, 6) is -1.34. The van der Waals surface area contributed by atoms with E-state index in [0.717, 1.165) is 5.56 Å². The van der Waals surface area contributed by atoms with E-state index in [0.29, 0.717) is 15.5 Å². The van der Waals surface area contributed by atoms with Gasteiger partial charge >= 0.3 is 0 Å². The van der Waals surface area contributed by atoms with Gasteiger partial charge in [-0.2, -0.15) is 0 Å². The predicted molar refractivity (Wildman–Crippen MR) is 118 cm³/mol. The Morgan fingerprint density at radius 2 is 1.57 bits per heavy atom. The van der Waals surface area contributed by atoms with Gasteiger partial charge in [-0.15, -0.1) is 0 Å². The number of nitrogens with zero attached hydrogens (tertiary/aromatic N) is 3. The Balaban J connectivity index is 1.93. The van der Waals surface area contributed by atoms with Gasteiger partial charge in [0.05, 0.1) is 6.54 Å². The van der Waals surface area contributed by atoms with Crippen molar-refractivity contribution < 1.29 is 13.2 Å². The number of carbonyl (C=O) groups excluding carboxylic acids is 1. The fourth-order valence-electron chi connectivity index (χ4n) is 2.54. The zero-order valence-corrected chi connectivity index (χ0v) is 18.1. The first-order valence-electron chi connectivity index (χ1n) is 8.38. The van der Waals surface area contributed by atoms with Crippen LogP contribution in [0.2, 0.25) is 0 Å². The van der Waals surface area contributed by atoms with Crippen molar-refractivity contribution >= 4 is 50.0 Å². The van der Waals surface area contributed by atoms with Crippen LogP contribution in [0.25, 0.3) is 0 Å². The summed E-state index contributed by atoms with van der Waals surface area (Å²) in [6.07, 6.45) is 3.22. The molecule has 2 rings (SSSR count). The monoisotopic (exact) mass is 435 g/mol. The number of aromatic nitrogens is 1. The van der Waals surface area contributed by atoms with Crippen LogP contribution in [-0.2, 0) is 14.6 Å². The maximum atomic E-state index is 12.4. The first kappa shape index (κ1) is 22.1. The van der Waals surface area contributed by atoms with Crippen LogP contribution in [0, 0.1) is 0 Å². The molecule has 2 aromatic rings. The Morgan fingerprint density at radius 3 is 2.18 bits per heavy atom. The molecule has 1 aromatic carbocycles. The fourth-order valence-corrected chi connectivity index (χ4v) is 4.40. The molecule has 1 aromatic heterocycles. The molecule has 0 saturated carbocycles. The van der Waals surface area contributed by atoms with E-state index < -0.39 is 21.4 Å². The number of ketones is 1. The third kappa shape index (κ3) is 6.43. The summed E-state index contributed by atoms with van der Waals surface area (Å²) in [6.45, 7) is -0.0974. The molecule has 0 saturated heterocycles. The van der Waals surface area contributed by atoms with Gasteiger partial charge in [-0.05, 0) is 12.1 Å². The second kappa shape index (κ2) is 9.81. The number of hydrogen-bond donors (Lipinski definition) is 0. The topological polar surface area (TPSA) is 70.6 Å². The molecular weight excluding hydrogens is 414 g/mol. The van der Waals surface area contributed by atoms with Crippen molar-refractivity contribution in [2.24, 2.45) is 0 Å². The molecule has 0 fully saturated rings. The van der Waals surface area contributed by atoms with E-state index in [1.807, 2.05) is 30.3 Å². The minimum atomic E-state index is -3.66. The minimum Gasteiger partial charge on any atom is -0.358 e. The molecule has 0 bridgehead atoms. The number of pyridine rings is 1. The van der Waals surface area contributed by atoms with Gasteiger partial charge in [-0.3, -0.25) is 9.78 Å². The van der Waals surface area contributed by atoms with Gasteiger partial charge in [0.25, 0.3) is 0 Å². The summed E-state index contributed by atoms with van der Waals surface area (Å²) in [5.41, 5.74) is 1.45. The highest BCUT2D eigenvalue weighted by atomic mass is 32.2. The second-order valence-electron chi connectivity index (χ2n) is 6.33. The Kier molecular flexibility index (Phi) is 7.73. The van der Waals surface area contributed by atoms with Gasteiger partial charge in [0.1, 0.15) is 21.6 Å². The second-order valence-corrected chi connectivity index (χ2v) is 9.14. The van der Waals surface area contributed by atoms with Crippen molar-refractivity contribution in [3.63, 3.8) is 0 Å². The van der Waals surface area contributed by atoms with Crippen LogP contribution in [-0.4, -0.2) is 71.2 Å². The lowest BCUT2D eigenvalue weighted by Gasteiger charge is -2.21. The van der Waals surface area contributed by atoms with Gasteiger partial charge < -0.3 is 9.80 Å². The molecule has 0 N–H and O–H groups in total. The van der Waals surface area contributed by atoms with E-state index in [1.54, 1.807) is 43.5 Å². The summed E-state index contributed by atoms with van der Waals surface area (Å²) >= 11 is 10.6. The highest BCUT2D eigenvalue weighted by Gasteiger charge is 2.22. The first-order valence-corrected chi connectivity index (χ1v) is 11.0. The van der Waals surface area contributed by atoms with Gasteiger partial charge in [-0.25, -0.2) is 8.42 Å². The number of sulfone groups is 1. The number of hydrogen-bond acceptors (Lipinski definition) is 6. The Hall–Kier alpha value is -2.23. The van der Waals surface area contributed by atoms with Crippen LogP contribution in [0.15, 0.2) is 54.9 Å². The van der Waals surface area contributed by atoms with Crippen molar-refractivity contribution in [2.75, 3.05) is 32.3 Å². The Morgan fingerprint density at radius 1 is 0.964 bits per heavy atom. The highest BCUT2D eigenvalue weighted by Crippen LogP contribution is 2.08. The number of rotatable bonds is 8. The number of likely N-dealkylation sites (N-methyl/N-ethyl adjacent to an activating group) is 1. The van der Waals surface area contributed by atoms with Gasteiger partial charge in [-0.1, -0.05) is 54.8 Å². The largest absolute Gasteiger partial charge is 0.358 e. The average molecular weight is 436 g/mol. The smallest absolute Gasteiger partial charge is 0.175 e. The lowest BCUT2D eigenvalue weighted by Crippen LogP contribution is -2.37. The third-order valence-electron chi connectivity index (χ3n) is 3.81. The Bertz CT molecular complexity index is 948. The average Bonchev–Trinajstić information content (AvgIpc) is 2.67. The molecular formula is C19H21N3O3S3. The van der Waals surface area contributed by atoms with Crippen molar-refractivity contribution in [2.45, 2.75) is 0 Å². The van der Waals surface area contributed by atoms with E-state index in [1.165, 1.54) is 4.90 Å². The van der Waals surface area contributed by atoms with Gasteiger partial charge in [0, 0.05) is 37.6 Å². The quantitative estimate of drug-likeness (QED) is 0.583. The van der Waals surface area contributed by atoms with Crippen LogP contribution in [0.1, 0.15) is 11.1 Å². The molecule has 0 amide bonds. The van der Waals surface area contributed by atoms with Crippen molar-refractivity contribution in [3.05, 3.63) is 66.0 Å². The van der Waals surface area contributed by atoms with E-state index in [-0.39, 0.29) is 12.4 Å². The molecule has 0 atom stereocenters. The van der Waals surface area contributed by atoms with Crippen molar-refractivity contribution in [1.82, 2.24) is 14.8 Å². The SMILES string of the molecule is CN(CC(=O)CS(=O)(=O)CN(C)C(=S)c1ccccc1)C(=S)c1cccnc1. The van der Waals surface area contributed by atoms with Gasteiger partial charge in [0.2, 0.25) is 0 Å². The molecule has 0 aliphatic carbocycles. The molecule has 0 spiro atoms. The number of thiocarbonyl (C=S) groups is 2. The molecule has 1 heterocycles. The highest BCUT2D eigenvalue weighted by molar-refractivity contribution is 7.92. The summed E-state index contributed by atoms with van der Waals surface area (Å²) in [4.78, 5) is 20.1. The molecule has 28 heavy (non-hydrogen) atoms. The molecule has 148 valence electrons. The van der Waals surface area contributed by atoms with E-state index in [4.69, 9.17) is 24.4 Å². The zero-order chi connectivity index (χ0) is 20.7. The lowest BCUT2D eigenvalue weighted by molar-refractivity contribution is -0.116. The molecule has 0 radical (unpaired) electrons. The predicted octanol–water partition coefficient (Wildman–Crippen LogP) is 1.94. The summed E-state index contributed by atoms with van der Waals surface area (Å²) in [5, 5.41) is 0. The van der Waals surface area contributed by atoms with Crippen LogP contribution in [0.4, 0.5) is 0 Å². The molecule has 9 heteroatoms. The number of benzene rings is 1. The third-order valence-corrected chi connectivity index (χ3v) is 6.44. The molecule has 0 aliphatic rings. The minimum absolute atomic E-state index is 0.0974. The summed E-state index contributed by atoms with van der Waals surface area (Å²) in [7, 11) is -0.415.